The summed E-state index contributed by atoms with van der Waals surface area (Å²) in [6.07, 6.45) is 1.55. The predicted molar refractivity (Wildman–Crippen MR) is 57.9 cm³/mol. The smallest absolute Gasteiger partial charge is 0.260 e. The first-order valence-corrected chi connectivity index (χ1v) is 4.65. The maximum atomic E-state index is 11.9. The van der Waals surface area contributed by atoms with Gasteiger partial charge in [-0.15, -0.1) is 0 Å². The Morgan fingerprint density at radius 1 is 1.13 bits per heavy atom. The van der Waals surface area contributed by atoms with E-state index in [2.05, 4.69) is 0 Å². The van der Waals surface area contributed by atoms with Gasteiger partial charge in [0.15, 0.2) is 0 Å². The summed E-state index contributed by atoms with van der Waals surface area (Å²) in [5.41, 5.74) is 0.649. The minimum Gasteiger partial charge on any atom is -0.448 e. The predicted octanol–water partition coefficient (Wildman–Crippen LogP) is 2.56. The Morgan fingerprint density at radius 3 is 2.47 bits per heavy atom. The van der Waals surface area contributed by atoms with Gasteiger partial charge >= 0.3 is 0 Å². The highest BCUT2D eigenvalue weighted by atomic mass is 16.3. The van der Waals surface area contributed by atoms with Crippen LogP contribution in [0.3, 0.4) is 0 Å². The number of amides is 1. The SMILES string of the molecule is CN(C(=O)c1ccccc1)c1ccco1. The van der Waals surface area contributed by atoms with Gasteiger partial charge in [0, 0.05) is 18.7 Å². The molecule has 0 spiro atoms. The first-order chi connectivity index (χ1) is 7.29. The van der Waals surface area contributed by atoms with Crippen molar-refractivity contribution in [1.29, 1.82) is 0 Å². The Morgan fingerprint density at radius 2 is 1.87 bits per heavy atom. The number of rotatable bonds is 2. The summed E-state index contributed by atoms with van der Waals surface area (Å²) < 4.78 is 5.14. The maximum Gasteiger partial charge on any atom is 0.260 e. The minimum absolute atomic E-state index is 0.0782. The second-order valence-electron chi connectivity index (χ2n) is 3.18. The van der Waals surface area contributed by atoms with Crippen molar-refractivity contribution in [2.75, 3.05) is 11.9 Å². The van der Waals surface area contributed by atoms with E-state index in [0.717, 1.165) is 0 Å². The molecule has 0 saturated heterocycles. The van der Waals surface area contributed by atoms with Crippen LogP contribution in [0.1, 0.15) is 10.4 Å². The zero-order valence-corrected chi connectivity index (χ0v) is 8.38. The van der Waals surface area contributed by atoms with Crippen molar-refractivity contribution in [2.45, 2.75) is 0 Å². The van der Waals surface area contributed by atoms with E-state index in [1.165, 1.54) is 4.90 Å². The number of carbonyl (C=O) groups excluding carboxylic acids is 1. The molecule has 3 heteroatoms. The average Bonchev–Trinajstić information content (AvgIpc) is 2.82. The Bertz CT molecular complexity index is 434. The first-order valence-electron chi connectivity index (χ1n) is 4.65. The van der Waals surface area contributed by atoms with Crippen molar-refractivity contribution in [3.05, 3.63) is 54.3 Å². The van der Waals surface area contributed by atoms with Crippen molar-refractivity contribution in [2.24, 2.45) is 0 Å². The van der Waals surface area contributed by atoms with E-state index in [0.29, 0.717) is 11.4 Å². The van der Waals surface area contributed by atoms with E-state index in [-0.39, 0.29) is 5.91 Å². The highest BCUT2D eigenvalue weighted by Crippen LogP contribution is 2.15. The van der Waals surface area contributed by atoms with Gasteiger partial charge in [0.05, 0.1) is 6.26 Å². The van der Waals surface area contributed by atoms with Crippen LogP contribution in [0.2, 0.25) is 0 Å². The zero-order valence-electron chi connectivity index (χ0n) is 8.38. The Kier molecular flexibility index (Phi) is 2.54. The van der Waals surface area contributed by atoms with Gasteiger partial charge in [0.1, 0.15) is 0 Å². The van der Waals surface area contributed by atoms with E-state index >= 15 is 0 Å². The van der Waals surface area contributed by atoms with Gasteiger partial charge < -0.3 is 4.42 Å². The summed E-state index contributed by atoms with van der Waals surface area (Å²) in [6, 6.07) is 12.6. The van der Waals surface area contributed by atoms with Crippen molar-refractivity contribution >= 4 is 11.8 Å². The van der Waals surface area contributed by atoms with Crippen molar-refractivity contribution in [3.63, 3.8) is 0 Å². The van der Waals surface area contributed by atoms with Crippen LogP contribution in [0.15, 0.2) is 53.1 Å². The number of furan rings is 1. The Hall–Kier alpha value is -2.03. The van der Waals surface area contributed by atoms with E-state index < -0.39 is 0 Å². The van der Waals surface area contributed by atoms with Gasteiger partial charge in [-0.05, 0) is 18.2 Å². The topological polar surface area (TPSA) is 33.5 Å². The molecule has 0 N–H and O–H groups in total. The van der Waals surface area contributed by atoms with Crippen LogP contribution >= 0.6 is 0 Å². The van der Waals surface area contributed by atoms with Crippen LogP contribution in [0.5, 0.6) is 0 Å². The molecule has 0 atom stereocenters. The lowest BCUT2D eigenvalue weighted by molar-refractivity contribution is 0.0989. The third kappa shape index (κ3) is 1.91. The maximum absolute atomic E-state index is 11.9. The van der Waals surface area contributed by atoms with Crippen LogP contribution in [0.4, 0.5) is 5.88 Å². The minimum atomic E-state index is -0.0782. The molecule has 2 rings (SSSR count). The third-order valence-electron chi connectivity index (χ3n) is 2.16. The largest absolute Gasteiger partial charge is 0.448 e. The highest BCUT2D eigenvalue weighted by Gasteiger charge is 2.14. The highest BCUT2D eigenvalue weighted by molar-refractivity contribution is 6.04. The monoisotopic (exact) mass is 201 g/mol. The number of hydrogen-bond donors (Lipinski definition) is 0. The molecule has 0 radical (unpaired) electrons. The van der Waals surface area contributed by atoms with Gasteiger partial charge in [-0.3, -0.25) is 9.69 Å². The molecule has 0 aliphatic carbocycles. The fourth-order valence-electron chi connectivity index (χ4n) is 1.34. The molecule has 1 aromatic carbocycles. The number of carbonyl (C=O) groups is 1. The quantitative estimate of drug-likeness (QED) is 0.748. The van der Waals surface area contributed by atoms with E-state index in [9.17, 15) is 4.79 Å². The number of hydrogen-bond acceptors (Lipinski definition) is 2. The normalized spacial score (nSPS) is 9.93. The lowest BCUT2D eigenvalue weighted by Gasteiger charge is -2.13. The van der Waals surface area contributed by atoms with Gasteiger partial charge in [-0.25, -0.2) is 0 Å². The molecule has 0 fully saturated rings. The fourth-order valence-corrected chi connectivity index (χ4v) is 1.34. The summed E-state index contributed by atoms with van der Waals surface area (Å²) in [7, 11) is 1.69. The number of benzene rings is 1. The first kappa shape index (κ1) is 9.52. The molecule has 0 saturated carbocycles. The fraction of sp³-hybridized carbons (Fsp3) is 0.0833. The second kappa shape index (κ2) is 4.00. The molecule has 1 aromatic heterocycles. The van der Waals surface area contributed by atoms with Gasteiger partial charge in [0.25, 0.3) is 5.91 Å². The van der Waals surface area contributed by atoms with E-state index in [4.69, 9.17) is 4.42 Å². The molecule has 2 aromatic rings. The van der Waals surface area contributed by atoms with Gasteiger partial charge in [-0.2, -0.15) is 0 Å². The van der Waals surface area contributed by atoms with Crippen LogP contribution in [0.25, 0.3) is 0 Å². The van der Waals surface area contributed by atoms with Gasteiger partial charge in [-0.1, -0.05) is 18.2 Å². The molecule has 0 unspecified atom stereocenters. The number of anilines is 1. The Balaban J connectivity index is 2.23. The number of nitrogens with zero attached hydrogens (tertiary/aromatic N) is 1. The summed E-state index contributed by atoms with van der Waals surface area (Å²) >= 11 is 0. The zero-order chi connectivity index (χ0) is 10.7. The van der Waals surface area contributed by atoms with Crippen molar-refractivity contribution in [3.8, 4) is 0 Å². The molecule has 1 amide bonds. The standard InChI is InChI=1S/C12H11NO2/c1-13(11-8-5-9-15-11)12(14)10-6-3-2-4-7-10/h2-9H,1H3. The molecular formula is C12H11NO2. The molecule has 76 valence electrons. The summed E-state index contributed by atoms with van der Waals surface area (Å²) in [6.45, 7) is 0. The Labute approximate surface area is 87.9 Å². The lowest BCUT2D eigenvalue weighted by Crippen LogP contribution is -2.25. The van der Waals surface area contributed by atoms with E-state index in [1.807, 2.05) is 18.2 Å². The summed E-state index contributed by atoms with van der Waals surface area (Å²) in [5, 5.41) is 0. The summed E-state index contributed by atoms with van der Waals surface area (Å²) in [5.74, 6) is 0.467. The van der Waals surface area contributed by atoms with Crippen molar-refractivity contribution < 1.29 is 9.21 Å². The molecule has 3 nitrogen and oxygen atoms in total. The second-order valence-corrected chi connectivity index (χ2v) is 3.18. The van der Waals surface area contributed by atoms with E-state index in [1.54, 1.807) is 37.6 Å². The van der Waals surface area contributed by atoms with Crippen LogP contribution in [-0.2, 0) is 0 Å². The molecular weight excluding hydrogens is 190 g/mol. The van der Waals surface area contributed by atoms with Crippen LogP contribution in [0, 0.1) is 0 Å². The lowest BCUT2D eigenvalue weighted by atomic mass is 10.2. The third-order valence-corrected chi connectivity index (χ3v) is 2.16. The molecule has 1 heterocycles. The molecule has 15 heavy (non-hydrogen) atoms. The van der Waals surface area contributed by atoms with Crippen LogP contribution in [-0.4, -0.2) is 13.0 Å². The van der Waals surface area contributed by atoms with Crippen molar-refractivity contribution in [1.82, 2.24) is 0 Å². The average molecular weight is 201 g/mol. The molecule has 0 bridgehead atoms. The molecule has 0 aliphatic heterocycles. The van der Waals surface area contributed by atoms with Crippen LogP contribution < -0.4 is 4.90 Å². The summed E-state index contributed by atoms with van der Waals surface area (Å²) in [4.78, 5) is 13.4. The molecule has 0 aliphatic rings. The van der Waals surface area contributed by atoms with Gasteiger partial charge in [0.2, 0.25) is 5.88 Å².